The van der Waals surface area contributed by atoms with Crippen LogP contribution in [0.5, 0.6) is 5.75 Å². The Morgan fingerprint density at radius 3 is 2.73 bits per heavy atom. The molecule has 1 unspecified atom stereocenters. The highest BCUT2D eigenvalue weighted by atomic mass is 16.5. The highest BCUT2D eigenvalue weighted by molar-refractivity contribution is 6.01. The molecule has 2 amide bonds. The zero-order valence-corrected chi connectivity index (χ0v) is 13.1. The van der Waals surface area contributed by atoms with Gasteiger partial charge in [-0.05, 0) is 38.0 Å². The number of anilines is 1. The van der Waals surface area contributed by atoms with Crippen LogP contribution in [0.1, 0.15) is 49.4 Å². The van der Waals surface area contributed by atoms with E-state index in [0.29, 0.717) is 17.0 Å². The maximum absolute atomic E-state index is 12.4. The molecule has 118 valence electrons. The summed E-state index contributed by atoms with van der Waals surface area (Å²) in [5.74, 6) is 0.448. The summed E-state index contributed by atoms with van der Waals surface area (Å²) in [7, 11) is 1.72. The Kier molecular flexibility index (Phi) is 4.05. The van der Waals surface area contributed by atoms with Crippen molar-refractivity contribution in [3.05, 3.63) is 23.8 Å². The van der Waals surface area contributed by atoms with Crippen LogP contribution in [0.4, 0.5) is 5.69 Å². The molecule has 0 bridgehead atoms. The molecule has 1 saturated carbocycles. The number of carbonyl (C=O) groups is 2. The topological polar surface area (TPSA) is 58.6 Å². The summed E-state index contributed by atoms with van der Waals surface area (Å²) >= 11 is 0. The van der Waals surface area contributed by atoms with Gasteiger partial charge in [0, 0.05) is 18.7 Å². The van der Waals surface area contributed by atoms with Crippen LogP contribution in [-0.4, -0.2) is 31.0 Å². The van der Waals surface area contributed by atoms with E-state index in [1.165, 1.54) is 19.3 Å². The zero-order chi connectivity index (χ0) is 15.7. The SMILES string of the molecule is CC1Oc2cc(C(=O)NC3CCCCC3)ccc2N(C)C1=O. The van der Waals surface area contributed by atoms with E-state index >= 15 is 0 Å². The Morgan fingerprint density at radius 1 is 1.27 bits per heavy atom. The van der Waals surface area contributed by atoms with Gasteiger partial charge >= 0.3 is 0 Å². The van der Waals surface area contributed by atoms with Gasteiger partial charge in [0.2, 0.25) is 0 Å². The number of amides is 2. The quantitative estimate of drug-likeness (QED) is 0.913. The Labute approximate surface area is 130 Å². The molecule has 0 spiro atoms. The van der Waals surface area contributed by atoms with Crippen molar-refractivity contribution in [2.45, 2.75) is 51.2 Å². The zero-order valence-electron chi connectivity index (χ0n) is 13.1. The van der Waals surface area contributed by atoms with E-state index < -0.39 is 6.10 Å². The van der Waals surface area contributed by atoms with E-state index in [0.717, 1.165) is 12.8 Å². The van der Waals surface area contributed by atoms with Crippen LogP contribution >= 0.6 is 0 Å². The first kappa shape index (κ1) is 14.9. The second-order valence-electron chi connectivity index (χ2n) is 6.15. The van der Waals surface area contributed by atoms with E-state index in [9.17, 15) is 9.59 Å². The van der Waals surface area contributed by atoms with Crippen molar-refractivity contribution >= 4 is 17.5 Å². The first-order valence-electron chi connectivity index (χ1n) is 7.95. The van der Waals surface area contributed by atoms with E-state index in [1.807, 2.05) is 0 Å². The summed E-state index contributed by atoms with van der Waals surface area (Å²) in [6.45, 7) is 1.72. The van der Waals surface area contributed by atoms with Gasteiger partial charge in [0.05, 0.1) is 5.69 Å². The maximum Gasteiger partial charge on any atom is 0.267 e. The van der Waals surface area contributed by atoms with Gasteiger partial charge in [-0.15, -0.1) is 0 Å². The predicted octanol–water partition coefficient (Wildman–Crippen LogP) is 2.49. The standard InChI is InChI=1S/C17H22N2O3/c1-11-17(21)19(2)14-9-8-12(10-15(14)22-11)16(20)18-13-6-4-3-5-7-13/h8-11,13H,3-7H2,1-2H3,(H,18,20). The number of ether oxygens (including phenoxy) is 1. The minimum absolute atomic E-state index is 0.0643. The molecule has 1 fully saturated rings. The minimum Gasteiger partial charge on any atom is -0.479 e. The maximum atomic E-state index is 12.4. The monoisotopic (exact) mass is 302 g/mol. The summed E-state index contributed by atoms with van der Waals surface area (Å²) in [5.41, 5.74) is 1.29. The van der Waals surface area contributed by atoms with Crippen LogP contribution in [0.3, 0.4) is 0 Å². The Balaban J connectivity index is 1.77. The lowest BCUT2D eigenvalue weighted by molar-refractivity contribution is -0.125. The number of hydrogen-bond donors (Lipinski definition) is 1. The first-order valence-corrected chi connectivity index (χ1v) is 7.95. The molecule has 5 nitrogen and oxygen atoms in total. The Bertz CT molecular complexity index is 594. The molecule has 1 aliphatic heterocycles. The molecule has 1 heterocycles. The van der Waals surface area contributed by atoms with E-state index in [1.54, 1.807) is 37.1 Å². The summed E-state index contributed by atoms with van der Waals surface area (Å²) in [6.07, 6.45) is 5.22. The molecule has 1 aliphatic carbocycles. The van der Waals surface area contributed by atoms with Crippen LogP contribution in [0, 0.1) is 0 Å². The number of hydrogen-bond acceptors (Lipinski definition) is 3. The van der Waals surface area contributed by atoms with Crippen LogP contribution < -0.4 is 15.0 Å². The average Bonchev–Trinajstić information content (AvgIpc) is 2.53. The summed E-state index contributed by atoms with van der Waals surface area (Å²) < 4.78 is 5.62. The smallest absolute Gasteiger partial charge is 0.267 e. The van der Waals surface area contributed by atoms with E-state index in [-0.39, 0.29) is 17.9 Å². The van der Waals surface area contributed by atoms with Crippen molar-refractivity contribution in [3.8, 4) is 5.75 Å². The molecule has 1 aromatic rings. The number of benzene rings is 1. The lowest BCUT2D eigenvalue weighted by atomic mass is 9.95. The lowest BCUT2D eigenvalue weighted by Gasteiger charge is -2.30. The number of rotatable bonds is 2. The Hall–Kier alpha value is -2.04. The van der Waals surface area contributed by atoms with Crippen LogP contribution in [0.15, 0.2) is 18.2 Å². The third-order valence-electron chi connectivity index (χ3n) is 4.51. The van der Waals surface area contributed by atoms with E-state index in [4.69, 9.17) is 4.74 Å². The predicted molar refractivity (Wildman–Crippen MR) is 84.3 cm³/mol. The number of nitrogens with zero attached hydrogens (tertiary/aromatic N) is 1. The number of nitrogens with one attached hydrogen (secondary N) is 1. The van der Waals surface area contributed by atoms with Gasteiger partial charge < -0.3 is 15.0 Å². The summed E-state index contributed by atoms with van der Waals surface area (Å²) in [5, 5.41) is 3.10. The largest absolute Gasteiger partial charge is 0.479 e. The van der Waals surface area contributed by atoms with Crippen LogP contribution in [-0.2, 0) is 4.79 Å². The highest BCUT2D eigenvalue weighted by Crippen LogP contribution is 2.34. The van der Waals surface area contributed by atoms with Gasteiger partial charge in [-0.1, -0.05) is 19.3 Å². The van der Waals surface area contributed by atoms with Gasteiger partial charge in [0.1, 0.15) is 5.75 Å². The molecule has 2 aliphatic rings. The second-order valence-corrected chi connectivity index (χ2v) is 6.15. The van der Waals surface area contributed by atoms with Gasteiger partial charge in [-0.3, -0.25) is 9.59 Å². The molecule has 0 aromatic heterocycles. The average molecular weight is 302 g/mol. The number of fused-ring (bicyclic) bond motifs is 1. The summed E-state index contributed by atoms with van der Waals surface area (Å²) in [6, 6.07) is 5.53. The van der Waals surface area contributed by atoms with Gasteiger partial charge in [-0.25, -0.2) is 0 Å². The minimum atomic E-state index is -0.519. The second kappa shape index (κ2) is 5.99. The molecule has 0 saturated heterocycles. The van der Waals surface area contributed by atoms with Gasteiger partial charge in [-0.2, -0.15) is 0 Å². The Morgan fingerprint density at radius 2 is 2.00 bits per heavy atom. The molecule has 22 heavy (non-hydrogen) atoms. The van der Waals surface area contributed by atoms with Crippen molar-refractivity contribution in [2.75, 3.05) is 11.9 Å². The highest BCUT2D eigenvalue weighted by Gasteiger charge is 2.29. The molecule has 1 N–H and O–H groups in total. The molecule has 3 rings (SSSR count). The third kappa shape index (κ3) is 2.80. The number of carbonyl (C=O) groups excluding carboxylic acids is 2. The molecule has 1 aromatic carbocycles. The fraction of sp³-hybridized carbons (Fsp3) is 0.529. The third-order valence-corrected chi connectivity index (χ3v) is 4.51. The van der Waals surface area contributed by atoms with Crippen molar-refractivity contribution in [1.82, 2.24) is 5.32 Å². The first-order chi connectivity index (χ1) is 10.6. The molecule has 0 radical (unpaired) electrons. The molecular formula is C17H22N2O3. The van der Waals surface area contributed by atoms with Crippen LogP contribution in [0.25, 0.3) is 0 Å². The van der Waals surface area contributed by atoms with Crippen LogP contribution in [0.2, 0.25) is 0 Å². The van der Waals surface area contributed by atoms with Crippen molar-refractivity contribution in [3.63, 3.8) is 0 Å². The lowest BCUT2D eigenvalue weighted by Crippen LogP contribution is -2.42. The van der Waals surface area contributed by atoms with Crippen molar-refractivity contribution in [1.29, 1.82) is 0 Å². The van der Waals surface area contributed by atoms with Gasteiger partial charge in [0.25, 0.3) is 11.8 Å². The van der Waals surface area contributed by atoms with Crippen molar-refractivity contribution < 1.29 is 14.3 Å². The molecular weight excluding hydrogens is 280 g/mol. The normalized spacial score (nSPS) is 22.0. The fourth-order valence-corrected chi connectivity index (χ4v) is 3.17. The molecule has 1 atom stereocenters. The van der Waals surface area contributed by atoms with Crippen molar-refractivity contribution in [2.24, 2.45) is 0 Å². The molecule has 5 heteroatoms. The van der Waals surface area contributed by atoms with Gasteiger partial charge in [0.15, 0.2) is 6.10 Å². The number of likely N-dealkylation sites (N-methyl/N-ethyl adjacent to an activating group) is 1. The summed E-state index contributed by atoms with van der Waals surface area (Å²) in [4.78, 5) is 25.8. The van der Waals surface area contributed by atoms with E-state index in [2.05, 4.69) is 5.32 Å². The fourth-order valence-electron chi connectivity index (χ4n) is 3.17.